The van der Waals surface area contributed by atoms with Gasteiger partial charge in [0.1, 0.15) is 5.82 Å². The number of hydrogen-bond donors (Lipinski definition) is 1. The molecule has 0 saturated carbocycles. The van der Waals surface area contributed by atoms with Gasteiger partial charge in [0.25, 0.3) is 0 Å². The van der Waals surface area contributed by atoms with Gasteiger partial charge in [0.05, 0.1) is 10.9 Å². The van der Waals surface area contributed by atoms with Crippen LogP contribution in [0.25, 0.3) is 0 Å². The summed E-state index contributed by atoms with van der Waals surface area (Å²) >= 11 is 1.42. The van der Waals surface area contributed by atoms with Gasteiger partial charge in [-0.25, -0.2) is 4.39 Å². The average Bonchev–Trinajstić information content (AvgIpc) is 2.72. The molecule has 1 fully saturated rings. The number of carbonyl (C=O) groups excluding carboxylic acids is 1. The molecule has 4 nitrogen and oxygen atoms in total. The van der Waals surface area contributed by atoms with Crippen molar-refractivity contribution in [3.8, 4) is 0 Å². The smallest absolute Gasteiger partial charge is 0.240 e. The van der Waals surface area contributed by atoms with Gasteiger partial charge in [-0.1, -0.05) is 13.8 Å². The lowest BCUT2D eigenvalue weighted by Gasteiger charge is -2.41. The molecule has 2 aliphatic rings. The Bertz CT molecular complexity index is 867. The van der Waals surface area contributed by atoms with Gasteiger partial charge in [0.2, 0.25) is 5.91 Å². The van der Waals surface area contributed by atoms with Crippen molar-refractivity contribution in [1.82, 2.24) is 5.32 Å². The Morgan fingerprint density at radius 2 is 1.90 bits per heavy atom. The number of benzene rings is 1. The number of nitrogens with one attached hydrogen (secondary N) is 1. The normalized spacial score (nSPS) is 20.7. The second-order valence-corrected chi connectivity index (χ2v) is 11.1. The predicted octanol–water partition coefficient (Wildman–Crippen LogP) is 5.98. The molecule has 1 amide bonds. The van der Waals surface area contributed by atoms with Crippen LogP contribution in [0.5, 0.6) is 0 Å². The number of allylic oxidation sites excluding steroid dienone is 2. The number of hydrogen-bond acceptors (Lipinski definition) is 4. The lowest BCUT2D eigenvalue weighted by Crippen LogP contribution is -2.43. The van der Waals surface area contributed by atoms with Crippen molar-refractivity contribution in [2.45, 2.75) is 82.8 Å². The molecule has 2 atom stereocenters. The molecule has 170 valence electrons. The topological polar surface area (TPSA) is 47.6 Å². The molecule has 0 radical (unpaired) electrons. The second kappa shape index (κ2) is 9.47. The van der Waals surface area contributed by atoms with Crippen LogP contribution in [0.3, 0.4) is 0 Å². The van der Waals surface area contributed by atoms with Crippen molar-refractivity contribution in [1.29, 1.82) is 0 Å². The van der Waals surface area contributed by atoms with E-state index in [2.05, 4.69) is 26.1 Å². The Hall–Kier alpha value is -1.63. The van der Waals surface area contributed by atoms with Crippen LogP contribution in [0, 0.1) is 11.2 Å². The molecule has 6 heteroatoms. The third-order valence-corrected chi connectivity index (χ3v) is 7.49. The Labute approximate surface area is 189 Å². The molecule has 1 N–H and O–H groups in total. The van der Waals surface area contributed by atoms with Gasteiger partial charge in [-0.3, -0.25) is 4.79 Å². The van der Waals surface area contributed by atoms with Crippen LogP contribution in [0.4, 0.5) is 4.39 Å². The highest BCUT2D eigenvalue weighted by Crippen LogP contribution is 2.44. The highest BCUT2D eigenvalue weighted by molar-refractivity contribution is 8.01. The molecular formula is C25H34FNO3S. The van der Waals surface area contributed by atoms with E-state index in [0.717, 1.165) is 42.0 Å². The summed E-state index contributed by atoms with van der Waals surface area (Å²) in [5.74, 6) is -0.362. The average molecular weight is 448 g/mol. The van der Waals surface area contributed by atoms with Gasteiger partial charge >= 0.3 is 0 Å². The van der Waals surface area contributed by atoms with Crippen molar-refractivity contribution >= 4 is 17.7 Å². The van der Waals surface area contributed by atoms with Crippen LogP contribution in [-0.2, 0) is 14.3 Å². The number of halogens is 1. The highest BCUT2D eigenvalue weighted by atomic mass is 32.2. The monoisotopic (exact) mass is 447 g/mol. The summed E-state index contributed by atoms with van der Waals surface area (Å²) in [6, 6.07) is 6.21. The summed E-state index contributed by atoms with van der Waals surface area (Å²) < 4.78 is 24.4. The van der Waals surface area contributed by atoms with E-state index in [1.54, 1.807) is 12.1 Å². The molecule has 2 unspecified atom stereocenters. The number of carbonyl (C=O) groups is 1. The van der Waals surface area contributed by atoms with Gasteiger partial charge in [-0.15, -0.1) is 11.8 Å². The van der Waals surface area contributed by atoms with E-state index in [0.29, 0.717) is 0 Å². The van der Waals surface area contributed by atoms with Gasteiger partial charge in [-0.05, 0) is 88.4 Å². The summed E-state index contributed by atoms with van der Waals surface area (Å²) in [5.41, 5.74) is 2.93. The van der Waals surface area contributed by atoms with Crippen molar-refractivity contribution in [2.24, 2.45) is 5.41 Å². The molecule has 1 aliphatic carbocycles. The molecule has 3 rings (SSSR count). The first-order valence-electron chi connectivity index (χ1n) is 11.0. The summed E-state index contributed by atoms with van der Waals surface area (Å²) in [6.07, 6.45) is 5.09. The predicted molar refractivity (Wildman–Crippen MR) is 123 cm³/mol. The molecule has 0 bridgehead atoms. The van der Waals surface area contributed by atoms with Gasteiger partial charge < -0.3 is 14.8 Å². The molecule has 1 aliphatic heterocycles. The fourth-order valence-electron chi connectivity index (χ4n) is 3.78. The minimum absolute atomic E-state index is 0.0143. The first-order valence-corrected chi connectivity index (χ1v) is 11.8. The van der Waals surface area contributed by atoms with Crippen molar-refractivity contribution in [3.05, 3.63) is 53.0 Å². The Balaban J connectivity index is 1.59. The fraction of sp³-hybridized carbons (Fsp3) is 0.560. The van der Waals surface area contributed by atoms with Crippen molar-refractivity contribution in [3.63, 3.8) is 0 Å². The van der Waals surface area contributed by atoms with E-state index < -0.39 is 4.75 Å². The van der Waals surface area contributed by atoms with Crippen molar-refractivity contribution < 1.29 is 18.7 Å². The van der Waals surface area contributed by atoms with Gasteiger partial charge in [-0.2, -0.15) is 0 Å². The number of rotatable bonds is 8. The number of thioether (sulfide) groups is 1. The summed E-state index contributed by atoms with van der Waals surface area (Å²) in [5, 5.41) is 3.06. The van der Waals surface area contributed by atoms with Crippen LogP contribution in [0.2, 0.25) is 0 Å². The Morgan fingerprint density at radius 1 is 1.23 bits per heavy atom. The van der Waals surface area contributed by atoms with Crippen molar-refractivity contribution in [2.75, 3.05) is 6.61 Å². The first-order chi connectivity index (χ1) is 14.5. The zero-order valence-electron chi connectivity index (χ0n) is 19.4. The molecular weight excluding hydrogens is 413 g/mol. The zero-order valence-corrected chi connectivity index (χ0v) is 20.2. The highest BCUT2D eigenvalue weighted by Gasteiger charge is 2.39. The van der Waals surface area contributed by atoms with Crippen LogP contribution in [0.1, 0.15) is 60.8 Å². The third kappa shape index (κ3) is 5.60. The minimum atomic E-state index is -0.695. The first kappa shape index (κ1) is 24.0. The van der Waals surface area contributed by atoms with Crippen LogP contribution in [0.15, 0.2) is 52.1 Å². The molecule has 1 aromatic rings. The molecule has 1 aromatic carbocycles. The summed E-state index contributed by atoms with van der Waals surface area (Å²) in [6.45, 7) is 13.0. The summed E-state index contributed by atoms with van der Waals surface area (Å²) in [7, 11) is 0. The van der Waals surface area contributed by atoms with Gasteiger partial charge in [0.15, 0.2) is 6.29 Å². The van der Waals surface area contributed by atoms with E-state index in [4.69, 9.17) is 9.47 Å². The van der Waals surface area contributed by atoms with E-state index in [1.807, 2.05) is 26.8 Å². The third-order valence-electron chi connectivity index (χ3n) is 6.28. The quantitative estimate of drug-likeness (QED) is 0.498. The summed E-state index contributed by atoms with van der Waals surface area (Å²) in [4.78, 5) is 13.8. The van der Waals surface area contributed by atoms with Crippen LogP contribution in [-0.4, -0.2) is 29.7 Å². The van der Waals surface area contributed by atoms with Gasteiger partial charge in [0, 0.05) is 22.6 Å². The fourth-order valence-corrected chi connectivity index (χ4v) is 4.78. The minimum Gasteiger partial charge on any atom is -0.353 e. The number of ether oxygens (including phenoxy) is 2. The largest absolute Gasteiger partial charge is 0.353 e. The standard InChI is InChI=1S/C25H34FNO3S/c1-16-20(24(3,4)17(2)30-22-9-7-8-14-29-22)15-21(16)27-23(28)25(5,6)31-19-12-10-18(26)11-13-19/h10-13,15,17,22H,7-9,14H2,1-6H3,(H,27,28). The Morgan fingerprint density at radius 3 is 2.48 bits per heavy atom. The van der Waals surface area contributed by atoms with E-state index in [1.165, 1.54) is 29.5 Å². The zero-order chi connectivity index (χ0) is 22.8. The second-order valence-electron chi connectivity index (χ2n) is 9.41. The molecule has 1 heterocycles. The molecule has 0 aromatic heterocycles. The molecule has 1 saturated heterocycles. The maximum absolute atomic E-state index is 13.2. The Kier molecular flexibility index (Phi) is 7.34. The number of amides is 1. The lowest BCUT2D eigenvalue weighted by atomic mass is 9.71. The van der Waals surface area contributed by atoms with Crippen LogP contribution < -0.4 is 5.32 Å². The van der Waals surface area contributed by atoms with E-state index in [-0.39, 0.29) is 29.5 Å². The lowest BCUT2D eigenvalue weighted by molar-refractivity contribution is -0.200. The molecule has 31 heavy (non-hydrogen) atoms. The van der Waals surface area contributed by atoms with E-state index >= 15 is 0 Å². The van der Waals surface area contributed by atoms with E-state index in [9.17, 15) is 9.18 Å². The molecule has 0 spiro atoms. The SMILES string of the molecule is CC1=C(NC(=O)C(C)(C)Sc2ccc(F)cc2)C=C1C(C)(C)C(C)OC1CCCCO1. The maximum atomic E-state index is 13.2. The maximum Gasteiger partial charge on any atom is 0.240 e. The van der Waals surface area contributed by atoms with Crippen LogP contribution >= 0.6 is 11.8 Å².